The molecule has 1 heterocycles. The number of esters is 1. The zero-order valence-electron chi connectivity index (χ0n) is 16.1. The van der Waals surface area contributed by atoms with Gasteiger partial charge in [0.15, 0.2) is 0 Å². The molecule has 8 heteroatoms. The molecular weight excluding hydrogens is 402 g/mol. The summed E-state index contributed by atoms with van der Waals surface area (Å²) in [5.74, 6) is -1.81. The predicted octanol–water partition coefficient (Wildman–Crippen LogP) is 3.62. The molecule has 2 aromatic carbocycles. The molecule has 0 aliphatic rings. The Morgan fingerprint density at radius 3 is 2.63 bits per heavy atom. The molecule has 7 nitrogen and oxygen atoms in total. The van der Waals surface area contributed by atoms with E-state index in [1.54, 1.807) is 53.9 Å². The van der Waals surface area contributed by atoms with Crippen LogP contribution in [0.25, 0.3) is 0 Å². The van der Waals surface area contributed by atoms with Gasteiger partial charge in [-0.25, -0.2) is 10.2 Å². The third-order valence-corrected chi connectivity index (χ3v) is 4.87. The molecule has 0 aliphatic carbocycles. The summed E-state index contributed by atoms with van der Waals surface area (Å²) >= 11 is 1.29. The van der Waals surface area contributed by atoms with Crippen molar-refractivity contribution in [2.75, 3.05) is 5.32 Å². The molecule has 0 unspecified atom stereocenters. The Kier molecular flexibility index (Phi) is 7.07. The minimum atomic E-state index is -0.891. The van der Waals surface area contributed by atoms with E-state index in [0.29, 0.717) is 21.9 Å². The number of anilines is 1. The molecule has 3 aromatic rings. The number of thiophene rings is 1. The van der Waals surface area contributed by atoms with Crippen molar-refractivity contribution < 1.29 is 19.1 Å². The lowest BCUT2D eigenvalue weighted by Gasteiger charge is -2.08. The third-order valence-electron chi connectivity index (χ3n) is 4.02. The number of rotatable bonds is 6. The van der Waals surface area contributed by atoms with Crippen LogP contribution in [0, 0.1) is 0 Å². The number of aryl methyl sites for hydroxylation is 1. The first-order valence-electron chi connectivity index (χ1n) is 9.15. The Hall–Kier alpha value is -3.78. The first kappa shape index (κ1) is 20.9. The maximum atomic E-state index is 12.1. The van der Waals surface area contributed by atoms with Gasteiger partial charge in [-0.2, -0.15) is 5.10 Å². The van der Waals surface area contributed by atoms with Crippen molar-refractivity contribution in [2.45, 2.75) is 13.3 Å². The number of para-hydroxylation sites is 1. The average Bonchev–Trinajstić information content (AvgIpc) is 3.29. The smallest absolute Gasteiger partial charge is 0.353 e. The SMILES string of the molecule is CCc1ccccc1NC(=O)C(=O)N/N=C/c1cccc(OC(=O)c2cccs2)c1. The van der Waals surface area contributed by atoms with Gasteiger partial charge in [-0.15, -0.1) is 11.3 Å². The monoisotopic (exact) mass is 421 g/mol. The molecular formula is C22H19N3O4S. The van der Waals surface area contributed by atoms with Crippen LogP contribution in [0.5, 0.6) is 5.75 Å². The quantitative estimate of drug-likeness (QED) is 0.209. The molecule has 1 aromatic heterocycles. The van der Waals surface area contributed by atoms with Crippen molar-refractivity contribution in [3.63, 3.8) is 0 Å². The number of hydrogen-bond donors (Lipinski definition) is 2. The molecule has 30 heavy (non-hydrogen) atoms. The fourth-order valence-electron chi connectivity index (χ4n) is 2.56. The Morgan fingerprint density at radius 1 is 1.03 bits per heavy atom. The standard InChI is InChI=1S/C22H19N3O4S/c1-2-16-8-3-4-10-18(16)24-20(26)21(27)25-23-14-15-7-5-9-17(13-15)29-22(28)19-11-6-12-30-19/h3-14H,2H2,1H3,(H,24,26)(H,25,27)/b23-14+. The molecule has 2 N–H and O–H groups in total. The minimum Gasteiger partial charge on any atom is -0.422 e. The number of ether oxygens (including phenoxy) is 1. The van der Waals surface area contributed by atoms with Crippen molar-refractivity contribution in [1.29, 1.82) is 0 Å². The van der Waals surface area contributed by atoms with Gasteiger partial charge in [0, 0.05) is 5.69 Å². The first-order valence-corrected chi connectivity index (χ1v) is 10.0. The topological polar surface area (TPSA) is 96.9 Å². The Morgan fingerprint density at radius 2 is 1.87 bits per heavy atom. The fraction of sp³-hybridized carbons (Fsp3) is 0.0909. The van der Waals surface area contributed by atoms with Gasteiger partial charge >= 0.3 is 17.8 Å². The van der Waals surface area contributed by atoms with Gasteiger partial charge in [-0.1, -0.05) is 43.3 Å². The summed E-state index contributed by atoms with van der Waals surface area (Å²) < 4.78 is 5.31. The number of hydrogen-bond acceptors (Lipinski definition) is 6. The lowest BCUT2D eigenvalue weighted by molar-refractivity contribution is -0.136. The Labute approximate surface area is 177 Å². The molecule has 0 aliphatic heterocycles. The maximum Gasteiger partial charge on any atom is 0.353 e. The summed E-state index contributed by atoms with van der Waals surface area (Å²) in [6.45, 7) is 1.96. The second-order valence-electron chi connectivity index (χ2n) is 6.10. The third kappa shape index (κ3) is 5.62. The summed E-state index contributed by atoms with van der Waals surface area (Å²) in [5, 5.41) is 8.16. The number of amides is 2. The zero-order chi connectivity index (χ0) is 21.3. The zero-order valence-corrected chi connectivity index (χ0v) is 16.9. The van der Waals surface area contributed by atoms with E-state index in [1.807, 2.05) is 19.1 Å². The Balaban J connectivity index is 1.56. The molecule has 0 radical (unpaired) electrons. The van der Waals surface area contributed by atoms with E-state index in [1.165, 1.54) is 17.6 Å². The van der Waals surface area contributed by atoms with Gasteiger partial charge in [-0.05, 0) is 47.2 Å². The highest BCUT2D eigenvalue weighted by molar-refractivity contribution is 7.12. The molecule has 2 amide bonds. The van der Waals surface area contributed by atoms with Gasteiger partial charge in [0.05, 0.1) is 6.21 Å². The molecule has 3 rings (SSSR count). The van der Waals surface area contributed by atoms with E-state index in [2.05, 4.69) is 15.8 Å². The lowest BCUT2D eigenvalue weighted by atomic mass is 10.1. The van der Waals surface area contributed by atoms with E-state index >= 15 is 0 Å². The largest absolute Gasteiger partial charge is 0.422 e. The van der Waals surface area contributed by atoms with Crippen molar-refractivity contribution in [2.24, 2.45) is 5.10 Å². The van der Waals surface area contributed by atoms with Crippen LogP contribution in [0.3, 0.4) is 0 Å². The van der Waals surface area contributed by atoms with Crippen LogP contribution < -0.4 is 15.5 Å². The van der Waals surface area contributed by atoms with Crippen molar-refractivity contribution in [3.8, 4) is 5.75 Å². The number of benzene rings is 2. The normalized spacial score (nSPS) is 10.6. The second kappa shape index (κ2) is 10.1. The molecule has 0 saturated heterocycles. The summed E-state index contributed by atoms with van der Waals surface area (Å²) in [5.41, 5.74) is 4.28. The first-order chi connectivity index (χ1) is 14.6. The van der Waals surface area contributed by atoms with Crippen LogP contribution in [0.2, 0.25) is 0 Å². The molecule has 0 spiro atoms. The lowest BCUT2D eigenvalue weighted by Crippen LogP contribution is -2.32. The van der Waals surface area contributed by atoms with E-state index in [-0.39, 0.29) is 0 Å². The molecule has 152 valence electrons. The van der Waals surface area contributed by atoms with Crippen molar-refractivity contribution >= 4 is 41.0 Å². The number of nitrogens with one attached hydrogen (secondary N) is 2. The number of carbonyl (C=O) groups excluding carboxylic acids is 3. The number of carbonyl (C=O) groups is 3. The predicted molar refractivity (Wildman–Crippen MR) is 116 cm³/mol. The maximum absolute atomic E-state index is 12.1. The van der Waals surface area contributed by atoms with Gasteiger partial charge < -0.3 is 10.1 Å². The van der Waals surface area contributed by atoms with E-state index in [4.69, 9.17) is 4.74 Å². The molecule has 0 atom stereocenters. The molecule has 0 saturated carbocycles. The highest BCUT2D eigenvalue weighted by Crippen LogP contribution is 2.17. The minimum absolute atomic E-state index is 0.345. The molecule has 0 bridgehead atoms. The fourth-order valence-corrected chi connectivity index (χ4v) is 3.15. The van der Waals surface area contributed by atoms with Crippen molar-refractivity contribution in [3.05, 3.63) is 82.0 Å². The molecule has 0 fully saturated rings. The second-order valence-corrected chi connectivity index (χ2v) is 7.05. The van der Waals surface area contributed by atoms with Crippen LogP contribution >= 0.6 is 11.3 Å². The van der Waals surface area contributed by atoms with Crippen LogP contribution in [0.1, 0.15) is 27.7 Å². The van der Waals surface area contributed by atoms with Gasteiger partial charge in [0.1, 0.15) is 10.6 Å². The van der Waals surface area contributed by atoms with Crippen molar-refractivity contribution in [1.82, 2.24) is 5.43 Å². The summed E-state index contributed by atoms with van der Waals surface area (Å²) in [4.78, 5) is 36.5. The van der Waals surface area contributed by atoms with Gasteiger partial charge in [0.25, 0.3) is 0 Å². The van der Waals surface area contributed by atoms with Crippen LogP contribution in [-0.2, 0) is 16.0 Å². The average molecular weight is 421 g/mol. The highest BCUT2D eigenvalue weighted by Gasteiger charge is 2.14. The summed E-state index contributed by atoms with van der Waals surface area (Å²) in [7, 11) is 0. The van der Waals surface area contributed by atoms with E-state index < -0.39 is 17.8 Å². The highest BCUT2D eigenvalue weighted by atomic mass is 32.1. The number of nitrogens with zero attached hydrogens (tertiary/aromatic N) is 1. The van der Waals surface area contributed by atoms with E-state index in [9.17, 15) is 14.4 Å². The van der Waals surface area contributed by atoms with Crippen LogP contribution in [0.4, 0.5) is 5.69 Å². The van der Waals surface area contributed by atoms with Gasteiger partial charge in [0.2, 0.25) is 0 Å². The number of hydrazone groups is 1. The Bertz CT molecular complexity index is 1080. The van der Waals surface area contributed by atoms with E-state index in [0.717, 1.165) is 12.0 Å². The van der Waals surface area contributed by atoms with Crippen LogP contribution in [0.15, 0.2) is 71.1 Å². The summed E-state index contributed by atoms with van der Waals surface area (Å²) in [6, 6.07) is 17.3. The summed E-state index contributed by atoms with van der Waals surface area (Å²) in [6.07, 6.45) is 2.08. The van der Waals surface area contributed by atoms with Crippen LogP contribution in [-0.4, -0.2) is 24.0 Å². The van der Waals surface area contributed by atoms with Gasteiger partial charge in [-0.3, -0.25) is 9.59 Å².